The van der Waals surface area contributed by atoms with Crippen LogP contribution in [0.1, 0.15) is 43.9 Å². The van der Waals surface area contributed by atoms with Crippen LogP contribution < -0.4 is 5.32 Å². The number of rotatable bonds is 8. The van der Waals surface area contributed by atoms with E-state index in [2.05, 4.69) is 19.2 Å². The summed E-state index contributed by atoms with van der Waals surface area (Å²) in [5, 5.41) is 31.8. The van der Waals surface area contributed by atoms with E-state index in [1.54, 1.807) is 24.3 Å². The normalized spacial score (nSPS) is 14.0. The molecular formula is C16H24N2O2. The van der Waals surface area contributed by atoms with Crippen molar-refractivity contribution < 1.29 is 10.2 Å². The Morgan fingerprint density at radius 3 is 2.20 bits per heavy atom. The van der Waals surface area contributed by atoms with Crippen molar-refractivity contribution in [2.24, 2.45) is 5.92 Å². The van der Waals surface area contributed by atoms with Gasteiger partial charge >= 0.3 is 0 Å². The summed E-state index contributed by atoms with van der Waals surface area (Å²) in [6.45, 7) is 5.02. The Morgan fingerprint density at radius 2 is 1.70 bits per heavy atom. The highest BCUT2D eigenvalue weighted by Gasteiger charge is 2.15. The molecule has 3 N–H and O–H groups in total. The van der Waals surface area contributed by atoms with E-state index in [0.717, 1.165) is 18.4 Å². The lowest BCUT2D eigenvalue weighted by atomic mass is 9.96. The molecule has 0 bridgehead atoms. The molecule has 0 saturated carbocycles. The SMILES string of the molecule is CCC(CC)C(O)CNCC(O)c1ccc(C#N)cc1. The smallest absolute Gasteiger partial charge is 0.0991 e. The van der Waals surface area contributed by atoms with Crippen molar-refractivity contribution >= 4 is 0 Å². The predicted molar refractivity (Wildman–Crippen MR) is 79.1 cm³/mol. The fourth-order valence-electron chi connectivity index (χ4n) is 2.27. The van der Waals surface area contributed by atoms with Crippen LogP contribution >= 0.6 is 0 Å². The second-order valence-corrected chi connectivity index (χ2v) is 5.05. The maximum atomic E-state index is 10.0. The minimum atomic E-state index is -0.628. The van der Waals surface area contributed by atoms with Gasteiger partial charge in [-0.25, -0.2) is 0 Å². The maximum Gasteiger partial charge on any atom is 0.0991 e. The molecule has 0 amide bonds. The van der Waals surface area contributed by atoms with E-state index in [4.69, 9.17) is 5.26 Å². The second-order valence-electron chi connectivity index (χ2n) is 5.05. The standard InChI is InChI=1S/C16H24N2O2/c1-3-13(4-2)15(19)10-18-11-16(20)14-7-5-12(9-17)6-8-14/h5-8,13,15-16,18-20H,3-4,10-11H2,1-2H3. The number of nitrogens with one attached hydrogen (secondary N) is 1. The third kappa shape index (κ3) is 4.93. The summed E-state index contributed by atoms with van der Waals surface area (Å²) in [5.41, 5.74) is 1.35. The van der Waals surface area contributed by atoms with E-state index in [1.807, 2.05) is 6.07 Å². The van der Waals surface area contributed by atoms with Gasteiger partial charge in [0.2, 0.25) is 0 Å². The first-order valence-electron chi connectivity index (χ1n) is 7.19. The van der Waals surface area contributed by atoms with Gasteiger partial charge in [0.25, 0.3) is 0 Å². The zero-order chi connectivity index (χ0) is 15.0. The molecule has 0 saturated heterocycles. The summed E-state index contributed by atoms with van der Waals surface area (Å²) in [5.74, 6) is 0.301. The molecule has 0 radical (unpaired) electrons. The summed E-state index contributed by atoms with van der Waals surface area (Å²) in [6, 6.07) is 8.93. The molecular weight excluding hydrogens is 252 g/mol. The van der Waals surface area contributed by atoms with Gasteiger partial charge in [-0.3, -0.25) is 0 Å². The van der Waals surface area contributed by atoms with Crippen LogP contribution in [0.25, 0.3) is 0 Å². The Bertz CT molecular complexity index is 421. The average Bonchev–Trinajstić information content (AvgIpc) is 2.48. The van der Waals surface area contributed by atoms with E-state index < -0.39 is 6.10 Å². The first-order chi connectivity index (χ1) is 9.62. The van der Waals surface area contributed by atoms with Gasteiger partial charge < -0.3 is 15.5 Å². The highest BCUT2D eigenvalue weighted by molar-refractivity contribution is 5.32. The Labute approximate surface area is 121 Å². The van der Waals surface area contributed by atoms with Crippen molar-refractivity contribution in [2.45, 2.75) is 38.9 Å². The van der Waals surface area contributed by atoms with E-state index >= 15 is 0 Å². The van der Waals surface area contributed by atoms with Gasteiger partial charge in [-0.2, -0.15) is 5.26 Å². The molecule has 4 nitrogen and oxygen atoms in total. The maximum absolute atomic E-state index is 10.0. The van der Waals surface area contributed by atoms with Crippen molar-refractivity contribution in [3.8, 4) is 6.07 Å². The van der Waals surface area contributed by atoms with Gasteiger partial charge in [-0.1, -0.05) is 38.8 Å². The quantitative estimate of drug-likeness (QED) is 0.678. The van der Waals surface area contributed by atoms with Crippen molar-refractivity contribution in [3.05, 3.63) is 35.4 Å². The van der Waals surface area contributed by atoms with Crippen LogP contribution in [0.2, 0.25) is 0 Å². The van der Waals surface area contributed by atoms with Gasteiger partial charge in [0.1, 0.15) is 0 Å². The van der Waals surface area contributed by atoms with E-state index in [0.29, 0.717) is 24.6 Å². The second kappa shape index (κ2) is 8.70. The summed E-state index contributed by atoms with van der Waals surface area (Å²) >= 11 is 0. The molecule has 0 aliphatic rings. The lowest BCUT2D eigenvalue weighted by Gasteiger charge is -2.21. The van der Waals surface area contributed by atoms with Crippen LogP contribution in [0, 0.1) is 17.2 Å². The van der Waals surface area contributed by atoms with Gasteiger partial charge in [0.15, 0.2) is 0 Å². The molecule has 4 heteroatoms. The zero-order valence-corrected chi connectivity index (χ0v) is 12.2. The van der Waals surface area contributed by atoms with E-state index in [1.165, 1.54) is 0 Å². The van der Waals surface area contributed by atoms with Crippen LogP contribution in [0.15, 0.2) is 24.3 Å². The lowest BCUT2D eigenvalue weighted by molar-refractivity contribution is 0.0945. The Kier molecular flexibility index (Phi) is 7.24. The third-order valence-electron chi connectivity index (χ3n) is 3.71. The molecule has 0 heterocycles. The molecule has 1 aromatic carbocycles. The summed E-state index contributed by atoms with van der Waals surface area (Å²) in [6.07, 6.45) is 0.907. The van der Waals surface area contributed by atoms with Crippen molar-refractivity contribution in [3.63, 3.8) is 0 Å². The van der Waals surface area contributed by atoms with Crippen molar-refractivity contribution in [1.29, 1.82) is 5.26 Å². The number of nitrogens with zero attached hydrogens (tertiary/aromatic N) is 1. The molecule has 2 unspecified atom stereocenters. The minimum Gasteiger partial charge on any atom is -0.392 e. The molecule has 0 spiro atoms. The first-order valence-corrected chi connectivity index (χ1v) is 7.19. The van der Waals surface area contributed by atoms with Gasteiger partial charge in [-0.15, -0.1) is 0 Å². The van der Waals surface area contributed by atoms with Crippen molar-refractivity contribution in [1.82, 2.24) is 5.32 Å². The van der Waals surface area contributed by atoms with Crippen LogP contribution in [-0.2, 0) is 0 Å². The summed E-state index contributed by atoms with van der Waals surface area (Å²) < 4.78 is 0. The highest BCUT2D eigenvalue weighted by atomic mass is 16.3. The molecule has 0 aliphatic carbocycles. The largest absolute Gasteiger partial charge is 0.392 e. The molecule has 0 aromatic heterocycles. The number of aliphatic hydroxyl groups excluding tert-OH is 2. The molecule has 0 fully saturated rings. The molecule has 2 atom stereocenters. The minimum absolute atomic E-state index is 0.301. The first kappa shape index (κ1) is 16.6. The molecule has 0 aliphatic heterocycles. The Morgan fingerprint density at radius 1 is 1.10 bits per heavy atom. The van der Waals surface area contributed by atoms with Crippen LogP contribution in [0.5, 0.6) is 0 Å². The predicted octanol–water partition coefficient (Wildman–Crippen LogP) is 1.98. The summed E-state index contributed by atoms with van der Waals surface area (Å²) in [4.78, 5) is 0. The molecule has 20 heavy (non-hydrogen) atoms. The highest BCUT2D eigenvalue weighted by Crippen LogP contribution is 2.14. The van der Waals surface area contributed by atoms with Crippen LogP contribution in [-0.4, -0.2) is 29.4 Å². The van der Waals surface area contributed by atoms with E-state index in [9.17, 15) is 10.2 Å². The fraction of sp³-hybridized carbons (Fsp3) is 0.562. The van der Waals surface area contributed by atoms with Gasteiger partial charge in [0, 0.05) is 13.1 Å². The van der Waals surface area contributed by atoms with Crippen LogP contribution in [0.4, 0.5) is 0 Å². The monoisotopic (exact) mass is 276 g/mol. The number of hydrogen-bond acceptors (Lipinski definition) is 4. The molecule has 1 rings (SSSR count). The lowest BCUT2D eigenvalue weighted by Crippen LogP contribution is -2.34. The average molecular weight is 276 g/mol. The third-order valence-corrected chi connectivity index (χ3v) is 3.71. The van der Waals surface area contributed by atoms with E-state index in [-0.39, 0.29) is 6.10 Å². The zero-order valence-electron chi connectivity index (χ0n) is 12.2. The topological polar surface area (TPSA) is 76.3 Å². The number of aliphatic hydroxyl groups is 2. The van der Waals surface area contributed by atoms with Gasteiger partial charge in [-0.05, 0) is 23.6 Å². The number of benzene rings is 1. The van der Waals surface area contributed by atoms with Gasteiger partial charge in [0.05, 0.1) is 23.8 Å². The van der Waals surface area contributed by atoms with Crippen molar-refractivity contribution in [2.75, 3.05) is 13.1 Å². The van der Waals surface area contributed by atoms with Crippen LogP contribution in [0.3, 0.4) is 0 Å². The molecule has 1 aromatic rings. The molecule has 110 valence electrons. The Balaban J connectivity index is 2.39. The number of nitriles is 1. The fourth-order valence-corrected chi connectivity index (χ4v) is 2.27. The number of hydrogen-bond donors (Lipinski definition) is 3. The summed E-state index contributed by atoms with van der Waals surface area (Å²) in [7, 11) is 0. The Hall–Kier alpha value is -1.41.